The first-order chi connectivity index (χ1) is 7.11. The highest BCUT2D eigenvalue weighted by atomic mass is 79.9. The van der Waals surface area contributed by atoms with E-state index in [-0.39, 0.29) is 23.6 Å². The Kier molecular flexibility index (Phi) is 2.34. The summed E-state index contributed by atoms with van der Waals surface area (Å²) in [5, 5.41) is 1.95. The smallest absolute Gasteiger partial charge is 0.160 e. The number of halogens is 1. The average Bonchev–Trinajstić information content (AvgIpc) is 2.73. The summed E-state index contributed by atoms with van der Waals surface area (Å²) in [5.74, 6) is 1.55. The molecule has 0 aromatic carbocycles. The first-order valence-corrected chi connectivity index (χ1v) is 8.79. The van der Waals surface area contributed by atoms with Gasteiger partial charge in [-0.25, -0.2) is 8.42 Å². The monoisotopic (exact) mass is 310 g/mol. The second-order valence-corrected chi connectivity index (χ2v) is 7.94. The van der Waals surface area contributed by atoms with Gasteiger partial charge in [-0.15, -0.1) is 0 Å². The van der Waals surface area contributed by atoms with Crippen molar-refractivity contribution in [2.45, 2.75) is 18.1 Å². The van der Waals surface area contributed by atoms with Crippen LogP contribution in [0.5, 0.6) is 0 Å². The molecule has 0 saturated carbocycles. The van der Waals surface area contributed by atoms with Gasteiger partial charge in [-0.05, 0) is 0 Å². The molecule has 3 aliphatic rings. The van der Waals surface area contributed by atoms with Crippen LogP contribution in [-0.4, -0.2) is 59.2 Å². The molecule has 0 N–H and O–H groups in total. The lowest BCUT2D eigenvalue weighted by Gasteiger charge is -2.26. The molecule has 0 aromatic heterocycles. The first-order valence-electron chi connectivity index (χ1n) is 4.86. The molecule has 3 heterocycles. The summed E-state index contributed by atoms with van der Waals surface area (Å²) in [6.45, 7) is 0. The quantitative estimate of drug-likeness (QED) is 0.655. The minimum Gasteiger partial charge on any atom is -0.341 e. The number of amidine groups is 1. The van der Waals surface area contributed by atoms with E-state index in [1.807, 2.05) is 0 Å². The van der Waals surface area contributed by atoms with Crippen molar-refractivity contribution >= 4 is 42.7 Å². The Hall–Kier alpha value is 0.250. The summed E-state index contributed by atoms with van der Waals surface area (Å²) in [6, 6.07) is 0.527. The van der Waals surface area contributed by atoms with Crippen molar-refractivity contribution in [2.75, 3.05) is 22.6 Å². The predicted molar refractivity (Wildman–Crippen MR) is 65.5 cm³/mol. The summed E-state index contributed by atoms with van der Waals surface area (Å²) in [4.78, 5) is 6.73. The highest BCUT2D eigenvalue weighted by Gasteiger charge is 2.50. The maximum absolute atomic E-state index is 11.5. The van der Waals surface area contributed by atoms with Crippen LogP contribution in [0.15, 0.2) is 4.99 Å². The fraction of sp³-hybridized carbons (Fsp3) is 0.875. The summed E-state index contributed by atoms with van der Waals surface area (Å²) < 4.78 is 23.0. The fourth-order valence-corrected chi connectivity index (χ4v) is 6.42. The summed E-state index contributed by atoms with van der Waals surface area (Å²) in [5.41, 5.74) is 0. The first kappa shape index (κ1) is 10.4. The molecule has 4 nitrogen and oxygen atoms in total. The Labute approximate surface area is 102 Å². The summed E-state index contributed by atoms with van der Waals surface area (Å²) in [6.07, 6.45) is 0. The Morgan fingerprint density at radius 3 is 3.07 bits per heavy atom. The maximum Gasteiger partial charge on any atom is 0.160 e. The van der Waals surface area contributed by atoms with E-state index in [0.717, 1.165) is 16.3 Å². The number of sulfone groups is 1. The van der Waals surface area contributed by atoms with Crippen LogP contribution in [0.25, 0.3) is 0 Å². The van der Waals surface area contributed by atoms with Crippen molar-refractivity contribution in [3.63, 3.8) is 0 Å². The number of hydrogen-bond donors (Lipinski definition) is 0. The third kappa shape index (κ3) is 1.54. The zero-order valence-electron chi connectivity index (χ0n) is 7.97. The second-order valence-electron chi connectivity index (χ2n) is 4.15. The van der Waals surface area contributed by atoms with E-state index < -0.39 is 9.84 Å². The van der Waals surface area contributed by atoms with Crippen LogP contribution in [0.4, 0.5) is 0 Å². The molecule has 0 spiro atoms. The van der Waals surface area contributed by atoms with Gasteiger partial charge >= 0.3 is 0 Å². The van der Waals surface area contributed by atoms with E-state index in [0.29, 0.717) is 6.04 Å². The van der Waals surface area contributed by atoms with Crippen molar-refractivity contribution in [3.8, 4) is 0 Å². The normalized spacial score (nSPS) is 41.5. The molecule has 15 heavy (non-hydrogen) atoms. The second kappa shape index (κ2) is 3.37. The SMILES string of the molecule is O=S1(=O)C[C@H]2N=C3SC[C@H](CBr)N3[C@H]2C1. The Morgan fingerprint density at radius 2 is 2.33 bits per heavy atom. The number of aliphatic imine (C=N–C) groups is 1. The van der Waals surface area contributed by atoms with E-state index in [1.54, 1.807) is 11.8 Å². The molecular formula is C8H11BrN2O2S2. The van der Waals surface area contributed by atoms with Gasteiger partial charge in [0.05, 0.1) is 29.6 Å². The summed E-state index contributed by atoms with van der Waals surface area (Å²) in [7, 11) is -2.85. The number of fused-ring (bicyclic) bond motifs is 3. The van der Waals surface area contributed by atoms with Gasteiger partial charge in [-0.3, -0.25) is 4.99 Å². The molecule has 2 saturated heterocycles. The molecule has 2 fully saturated rings. The van der Waals surface area contributed by atoms with Gasteiger partial charge in [-0.2, -0.15) is 0 Å². The van der Waals surface area contributed by atoms with Gasteiger partial charge < -0.3 is 4.90 Å². The molecule has 0 unspecified atom stereocenters. The van der Waals surface area contributed by atoms with Crippen molar-refractivity contribution in [1.82, 2.24) is 4.90 Å². The minimum absolute atomic E-state index is 0.000602. The number of thioether (sulfide) groups is 1. The lowest BCUT2D eigenvalue weighted by Crippen LogP contribution is -2.43. The predicted octanol–water partition coefficient (Wildman–Crippen LogP) is 0.334. The van der Waals surface area contributed by atoms with E-state index in [4.69, 9.17) is 0 Å². The Balaban J connectivity index is 1.93. The van der Waals surface area contributed by atoms with E-state index in [9.17, 15) is 8.42 Å². The molecule has 0 aliphatic carbocycles. The highest BCUT2D eigenvalue weighted by molar-refractivity contribution is 9.09. The van der Waals surface area contributed by atoms with Crippen LogP contribution in [0, 0.1) is 0 Å². The van der Waals surface area contributed by atoms with Gasteiger partial charge in [0, 0.05) is 11.1 Å². The zero-order chi connectivity index (χ0) is 10.6. The fourth-order valence-electron chi connectivity index (χ4n) is 2.46. The van der Waals surface area contributed by atoms with Crippen molar-refractivity contribution in [3.05, 3.63) is 0 Å². The number of hydrogen-bond acceptors (Lipinski definition) is 5. The molecular weight excluding hydrogens is 300 g/mol. The van der Waals surface area contributed by atoms with Crippen LogP contribution < -0.4 is 0 Å². The molecule has 0 aromatic rings. The van der Waals surface area contributed by atoms with Crippen LogP contribution in [0.1, 0.15) is 0 Å². The molecule has 3 aliphatic heterocycles. The van der Waals surface area contributed by atoms with Gasteiger partial charge in [0.1, 0.15) is 0 Å². The van der Waals surface area contributed by atoms with Crippen LogP contribution in [0.3, 0.4) is 0 Å². The minimum atomic E-state index is -2.85. The number of rotatable bonds is 1. The Bertz CT molecular complexity index is 422. The van der Waals surface area contributed by atoms with Gasteiger partial charge in [0.2, 0.25) is 0 Å². The molecule has 7 heteroatoms. The van der Waals surface area contributed by atoms with Crippen molar-refractivity contribution in [2.24, 2.45) is 4.99 Å². The molecule has 3 rings (SSSR count). The topological polar surface area (TPSA) is 49.7 Å². The lowest BCUT2D eigenvalue weighted by atomic mass is 10.1. The largest absolute Gasteiger partial charge is 0.341 e. The number of alkyl halides is 1. The third-order valence-electron chi connectivity index (χ3n) is 3.12. The molecule has 0 amide bonds. The van der Waals surface area contributed by atoms with E-state index in [2.05, 4.69) is 25.8 Å². The molecule has 3 atom stereocenters. The summed E-state index contributed by atoms with van der Waals surface area (Å²) >= 11 is 5.23. The maximum atomic E-state index is 11.5. The van der Waals surface area contributed by atoms with Crippen LogP contribution in [-0.2, 0) is 9.84 Å². The van der Waals surface area contributed by atoms with Crippen molar-refractivity contribution < 1.29 is 8.42 Å². The molecule has 0 radical (unpaired) electrons. The lowest BCUT2D eigenvalue weighted by molar-refractivity contribution is 0.310. The van der Waals surface area contributed by atoms with Gasteiger partial charge in [-0.1, -0.05) is 27.7 Å². The highest BCUT2D eigenvalue weighted by Crippen LogP contribution is 2.38. The third-order valence-corrected chi connectivity index (χ3v) is 6.70. The van der Waals surface area contributed by atoms with Gasteiger partial charge in [0.25, 0.3) is 0 Å². The number of nitrogens with zero attached hydrogens (tertiary/aromatic N) is 2. The van der Waals surface area contributed by atoms with Crippen LogP contribution >= 0.6 is 27.7 Å². The van der Waals surface area contributed by atoms with Crippen molar-refractivity contribution in [1.29, 1.82) is 0 Å². The van der Waals surface area contributed by atoms with E-state index >= 15 is 0 Å². The Morgan fingerprint density at radius 1 is 1.53 bits per heavy atom. The standard InChI is InChI=1S/C8H11BrN2O2S2/c9-1-5-2-14-8-10-6-3-15(12,13)4-7(6)11(5)8/h5-7H,1-4H2/t5-,6+,7-/m0/s1. The average molecular weight is 311 g/mol. The van der Waals surface area contributed by atoms with Gasteiger partial charge in [0.15, 0.2) is 15.0 Å². The zero-order valence-corrected chi connectivity index (χ0v) is 11.2. The van der Waals surface area contributed by atoms with E-state index in [1.165, 1.54) is 0 Å². The molecule has 0 bridgehead atoms. The molecule has 84 valence electrons. The van der Waals surface area contributed by atoms with Crippen LogP contribution in [0.2, 0.25) is 0 Å².